The number of hydrogen-bond acceptors (Lipinski definition) is 2. The first-order valence-electron chi connectivity index (χ1n) is 5.35. The van der Waals surface area contributed by atoms with Gasteiger partial charge in [0, 0.05) is 6.54 Å². The Balaban J connectivity index is 1.87. The Morgan fingerprint density at radius 3 is 2.65 bits per heavy atom. The van der Waals surface area contributed by atoms with Crippen LogP contribution in [-0.2, 0) is 13.1 Å². The lowest BCUT2D eigenvalue weighted by atomic mass is 10.1. The van der Waals surface area contributed by atoms with Gasteiger partial charge in [0.2, 0.25) is 0 Å². The van der Waals surface area contributed by atoms with Crippen molar-refractivity contribution >= 4 is 31.9 Å². The van der Waals surface area contributed by atoms with Crippen LogP contribution in [0.2, 0.25) is 0 Å². The molecule has 0 atom stereocenters. The average molecular weight is 359 g/mol. The third-order valence-corrected chi connectivity index (χ3v) is 4.12. The maximum Gasteiger partial charge on any atom is 0.183 e. The van der Waals surface area contributed by atoms with Crippen LogP contribution in [-0.4, -0.2) is 0 Å². The molecule has 0 aliphatic rings. The second kappa shape index (κ2) is 5.85. The molecule has 0 aliphatic carbocycles. The van der Waals surface area contributed by atoms with Gasteiger partial charge in [0.25, 0.3) is 0 Å². The molecule has 1 aromatic heterocycles. The van der Waals surface area contributed by atoms with Gasteiger partial charge in [-0.3, -0.25) is 0 Å². The summed E-state index contributed by atoms with van der Waals surface area (Å²) in [6, 6.07) is 10.4. The first-order chi connectivity index (χ1) is 8.15. The Bertz CT molecular complexity index is 488. The van der Waals surface area contributed by atoms with E-state index in [0.717, 1.165) is 28.0 Å². The Morgan fingerprint density at radius 1 is 1.18 bits per heavy atom. The van der Waals surface area contributed by atoms with Gasteiger partial charge in [0.1, 0.15) is 5.76 Å². The summed E-state index contributed by atoms with van der Waals surface area (Å²) in [5.74, 6) is 0.913. The van der Waals surface area contributed by atoms with Crippen LogP contribution in [0.3, 0.4) is 0 Å². The van der Waals surface area contributed by atoms with Crippen molar-refractivity contribution in [1.82, 2.24) is 5.32 Å². The zero-order valence-corrected chi connectivity index (χ0v) is 12.6. The largest absolute Gasteiger partial charge is 0.452 e. The van der Waals surface area contributed by atoms with E-state index in [0.29, 0.717) is 0 Å². The van der Waals surface area contributed by atoms with E-state index in [1.807, 2.05) is 6.07 Å². The standard InChI is InChI=1S/C13H13Br2NO/c1-9-3-2-4-10(5-9)7-16-8-11-6-12(14)13(15)17-11/h2-6,16H,7-8H2,1H3. The maximum absolute atomic E-state index is 5.48. The molecule has 1 N–H and O–H groups in total. The van der Waals surface area contributed by atoms with Gasteiger partial charge in [-0.25, -0.2) is 0 Å². The number of aryl methyl sites for hydroxylation is 1. The Labute approximate surface area is 118 Å². The monoisotopic (exact) mass is 357 g/mol. The minimum Gasteiger partial charge on any atom is -0.452 e. The van der Waals surface area contributed by atoms with Crippen LogP contribution in [0, 0.1) is 6.92 Å². The molecule has 0 amide bonds. The quantitative estimate of drug-likeness (QED) is 0.876. The van der Waals surface area contributed by atoms with Crippen molar-refractivity contribution in [2.75, 3.05) is 0 Å². The Morgan fingerprint density at radius 2 is 2.00 bits per heavy atom. The highest BCUT2D eigenvalue weighted by Crippen LogP contribution is 2.26. The number of furan rings is 1. The van der Waals surface area contributed by atoms with Crippen molar-refractivity contribution in [1.29, 1.82) is 0 Å². The molecule has 0 spiro atoms. The van der Waals surface area contributed by atoms with Gasteiger partial charge < -0.3 is 9.73 Å². The van der Waals surface area contributed by atoms with Crippen LogP contribution in [0.5, 0.6) is 0 Å². The molecular formula is C13H13Br2NO. The van der Waals surface area contributed by atoms with Crippen LogP contribution < -0.4 is 5.32 Å². The number of hydrogen-bond donors (Lipinski definition) is 1. The molecule has 90 valence electrons. The normalized spacial score (nSPS) is 10.8. The van der Waals surface area contributed by atoms with Crippen molar-refractivity contribution in [2.45, 2.75) is 20.0 Å². The highest BCUT2D eigenvalue weighted by molar-refractivity contribution is 9.13. The summed E-state index contributed by atoms with van der Waals surface area (Å²) in [5.41, 5.74) is 2.57. The molecule has 2 aromatic rings. The van der Waals surface area contributed by atoms with Crippen molar-refractivity contribution in [2.24, 2.45) is 0 Å². The molecule has 0 bridgehead atoms. The molecule has 2 nitrogen and oxygen atoms in total. The van der Waals surface area contributed by atoms with Crippen LogP contribution in [0.1, 0.15) is 16.9 Å². The van der Waals surface area contributed by atoms with Gasteiger partial charge in [-0.2, -0.15) is 0 Å². The lowest BCUT2D eigenvalue weighted by molar-refractivity contribution is 0.464. The first kappa shape index (κ1) is 12.9. The van der Waals surface area contributed by atoms with Crippen molar-refractivity contribution in [3.05, 3.63) is 56.4 Å². The summed E-state index contributed by atoms with van der Waals surface area (Å²) >= 11 is 6.72. The number of rotatable bonds is 4. The van der Waals surface area contributed by atoms with E-state index < -0.39 is 0 Å². The zero-order chi connectivity index (χ0) is 12.3. The van der Waals surface area contributed by atoms with Crippen molar-refractivity contribution in [3.63, 3.8) is 0 Å². The zero-order valence-electron chi connectivity index (χ0n) is 9.47. The second-order valence-corrected chi connectivity index (χ2v) is 5.50. The highest BCUT2D eigenvalue weighted by atomic mass is 79.9. The van der Waals surface area contributed by atoms with Crippen LogP contribution >= 0.6 is 31.9 Å². The highest BCUT2D eigenvalue weighted by Gasteiger charge is 2.05. The Kier molecular flexibility index (Phi) is 4.42. The molecule has 0 aliphatic heterocycles. The predicted octanol–water partition coefficient (Wildman–Crippen LogP) is 4.40. The predicted molar refractivity (Wildman–Crippen MR) is 75.8 cm³/mol. The fourth-order valence-electron chi connectivity index (χ4n) is 1.63. The molecule has 0 fully saturated rings. The van der Waals surface area contributed by atoms with E-state index in [1.165, 1.54) is 11.1 Å². The third kappa shape index (κ3) is 3.69. The molecular weight excluding hydrogens is 346 g/mol. The van der Waals surface area contributed by atoms with E-state index in [-0.39, 0.29) is 0 Å². The summed E-state index contributed by atoms with van der Waals surface area (Å²) in [7, 11) is 0. The van der Waals surface area contributed by atoms with E-state index in [2.05, 4.69) is 68.4 Å². The SMILES string of the molecule is Cc1cccc(CNCc2cc(Br)c(Br)o2)c1. The van der Waals surface area contributed by atoms with Gasteiger partial charge in [-0.05, 0) is 50.4 Å². The summed E-state index contributed by atoms with van der Waals surface area (Å²) < 4.78 is 7.17. The maximum atomic E-state index is 5.48. The average Bonchev–Trinajstić information content (AvgIpc) is 2.58. The molecule has 4 heteroatoms. The van der Waals surface area contributed by atoms with Gasteiger partial charge in [0.15, 0.2) is 4.67 Å². The van der Waals surface area contributed by atoms with Crippen LogP contribution in [0.25, 0.3) is 0 Å². The topological polar surface area (TPSA) is 25.2 Å². The lowest BCUT2D eigenvalue weighted by Crippen LogP contribution is -2.12. The van der Waals surface area contributed by atoms with Gasteiger partial charge in [0.05, 0.1) is 11.0 Å². The van der Waals surface area contributed by atoms with E-state index >= 15 is 0 Å². The van der Waals surface area contributed by atoms with Crippen molar-refractivity contribution in [3.8, 4) is 0 Å². The summed E-state index contributed by atoms with van der Waals surface area (Å²) in [5, 5.41) is 3.35. The van der Waals surface area contributed by atoms with Crippen LogP contribution in [0.4, 0.5) is 0 Å². The van der Waals surface area contributed by atoms with Gasteiger partial charge in [-0.15, -0.1) is 0 Å². The van der Waals surface area contributed by atoms with Crippen LogP contribution in [0.15, 0.2) is 43.9 Å². The molecule has 0 radical (unpaired) electrons. The molecule has 0 unspecified atom stereocenters. The first-order valence-corrected chi connectivity index (χ1v) is 6.94. The third-order valence-electron chi connectivity index (χ3n) is 2.41. The fraction of sp³-hybridized carbons (Fsp3) is 0.231. The fourth-order valence-corrected chi connectivity index (χ4v) is 2.29. The van der Waals surface area contributed by atoms with E-state index in [9.17, 15) is 0 Å². The molecule has 17 heavy (non-hydrogen) atoms. The summed E-state index contributed by atoms with van der Waals surface area (Å²) in [4.78, 5) is 0. The van der Waals surface area contributed by atoms with Crippen molar-refractivity contribution < 1.29 is 4.42 Å². The molecule has 0 saturated carbocycles. The lowest BCUT2D eigenvalue weighted by Gasteiger charge is -2.03. The molecule has 2 rings (SSSR count). The van der Waals surface area contributed by atoms with E-state index in [4.69, 9.17) is 4.42 Å². The minimum atomic E-state index is 0.720. The van der Waals surface area contributed by atoms with Gasteiger partial charge in [-0.1, -0.05) is 29.8 Å². The Hall–Kier alpha value is -0.580. The van der Waals surface area contributed by atoms with E-state index in [1.54, 1.807) is 0 Å². The second-order valence-electron chi connectivity index (χ2n) is 3.93. The molecule has 1 heterocycles. The number of nitrogens with one attached hydrogen (secondary N) is 1. The smallest absolute Gasteiger partial charge is 0.183 e. The molecule has 0 saturated heterocycles. The number of halogens is 2. The minimum absolute atomic E-state index is 0.720. The van der Waals surface area contributed by atoms with Gasteiger partial charge >= 0.3 is 0 Å². The number of benzene rings is 1. The summed E-state index contributed by atoms with van der Waals surface area (Å²) in [6.07, 6.45) is 0. The summed E-state index contributed by atoms with van der Waals surface area (Å²) in [6.45, 7) is 3.67. The molecule has 1 aromatic carbocycles.